The molecule has 0 spiro atoms. The summed E-state index contributed by atoms with van der Waals surface area (Å²) < 4.78 is 1.74. The Hall–Kier alpha value is -1.85. The maximum atomic E-state index is 11.2. The molecular formula is C17H21ClN4O. The van der Waals surface area contributed by atoms with Crippen LogP contribution in [0.5, 0.6) is 0 Å². The Kier molecular flexibility index (Phi) is 4.41. The van der Waals surface area contributed by atoms with E-state index in [4.69, 9.17) is 17.3 Å². The van der Waals surface area contributed by atoms with Crippen LogP contribution in [0.3, 0.4) is 0 Å². The van der Waals surface area contributed by atoms with Gasteiger partial charge in [0.2, 0.25) is 5.91 Å². The lowest BCUT2D eigenvalue weighted by atomic mass is 10.0. The van der Waals surface area contributed by atoms with Crippen molar-refractivity contribution < 1.29 is 4.79 Å². The third-order valence-electron chi connectivity index (χ3n) is 4.52. The molecule has 0 aliphatic carbocycles. The fourth-order valence-corrected chi connectivity index (χ4v) is 3.68. The van der Waals surface area contributed by atoms with Gasteiger partial charge in [-0.3, -0.25) is 14.4 Å². The molecule has 1 aromatic carbocycles. The number of nitrogens with two attached hydrogens (primary N) is 1. The number of primary amides is 1. The summed E-state index contributed by atoms with van der Waals surface area (Å²) in [5, 5.41) is 5.16. The first-order chi connectivity index (χ1) is 11.0. The molecule has 1 aromatic heterocycles. The Balaban J connectivity index is 1.80. The Labute approximate surface area is 141 Å². The maximum absolute atomic E-state index is 11.2. The predicted octanol–water partition coefficient (Wildman–Crippen LogP) is 2.82. The lowest BCUT2D eigenvalue weighted by molar-refractivity contribution is 0.100. The van der Waals surface area contributed by atoms with Crippen molar-refractivity contribution in [1.82, 2.24) is 14.7 Å². The zero-order valence-electron chi connectivity index (χ0n) is 13.4. The summed E-state index contributed by atoms with van der Waals surface area (Å²) in [4.78, 5) is 13.6. The minimum atomic E-state index is -0.395. The van der Waals surface area contributed by atoms with Crippen molar-refractivity contribution in [3.05, 3.63) is 51.8 Å². The van der Waals surface area contributed by atoms with Crippen molar-refractivity contribution in [3.8, 4) is 0 Å². The molecule has 1 amide bonds. The number of amides is 1. The molecule has 2 heterocycles. The van der Waals surface area contributed by atoms with Crippen molar-refractivity contribution in [2.45, 2.75) is 32.4 Å². The summed E-state index contributed by atoms with van der Waals surface area (Å²) in [6.07, 6.45) is 2.24. The van der Waals surface area contributed by atoms with E-state index >= 15 is 0 Å². The molecule has 6 heteroatoms. The predicted molar refractivity (Wildman–Crippen MR) is 90.3 cm³/mol. The fourth-order valence-electron chi connectivity index (χ4n) is 3.38. The van der Waals surface area contributed by atoms with Gasteiger partial charge in [0, 0.05) is 30.8 Å². The van der Waals surface area contributed by atoms with Crippen LogP contribution in [0.4, 0.5) is 0 Å². The van der Waals surface area contributed by atoms with Crippen molar-refractivity contribution in [3.63, 3.8) is 0 Å². The molecule has 1 saturated heterocycles. The number of halogens is 1. The number of aryl methyl sites for hydroxylation is 2. The number of carbonyl (C=O) groups excluding carboxylic acids is 1. The number of likely N-dealkylation sites (tertiary alicyclic amines) is 1. The Morgan fingerprint density at radius 1 is 1.39 bits per heavy atom. The molecule has 0 radical (unpaired) electrons. The Morgan fingerprint density at radius 2 is 2.09 bits per heavy atom. The highest BCUT2D eigenvalue weighted by Gasteiger charge is 2.30. The van der Waals surface area contributed by atoms with E-state index in [1.165, 1.54) is 5.56 Å². The monoisotopic (exact) mass is 332 g/mol. The first-order valence-corrected chi connectivity index (χ1v) is 8.17. The molecule has 1 atom stereocenters. The number of benzene rings is 1. The van der Waals surface area contributed by atoms with Gasteiger partial charge in [0.05, 0.1) is 5.69 Å². The van der Waals surface area contributed by atoms with Crippen LogP contribution in [0.15, 0.2) is 24.3 Å². The molecule has 0 saturated carbocycles. The van der Waals surface area contributed by atoms with Crippen molar-refractivity contribution >= 4 is 17.5 Å². The lowest BCUT2D eigenvalue weighted by Crippen LogP contribution is -2.23. The van der Waals surface area contributed by atoms with Gasteiger partial charge in [-0.05, 0) is 44.0 Å². The zero-order chi connectivity index (χ0) is 16.6. The van der Waals surface area contributed by atoms with E-state index in [1.807, 2.05) is 26.1 Å². The number of nitrogens with zero attached hydrogens (tertiary/aromatic N) is 3. The van der Waals surface area contributed by atoms with Crippen LogP contribution < -0.4 is 5.73 Å². The van der Waals surface area contributed by atoms with Gasteiger partial charge < -0.3 is 5.73 Å². The van der Waals surface area contributed by atoms with Gasteiger partial charge in [0.1, 0.15) is 5.15 Å². The van der Waals surface area contributed by atoms with Gasteiger partial charge in [-0.1, -0.05) is 23.7 Å². The molecule has 1 unspecified atom stereocenters. The zero-order valence-corrected chi connectivity index (χ0v) is 14.2. The number of hydrogen-bond acceptors (Lipinski definition) is 3. The molecule has 23 heavy (non-hydrogen) atoms. The minimum Gasteiger partial charge on any atom is -0.366 e. The SMILES string of the molecule is Cc1nn(C)c(Cl)c1C1CCCN1Cc1ccc(C(N)=O)cc1. The van der Waals surface area contributed by atoms with Gasteiger partial charge in [-0.2, -0.15) is 5.10 Å². The molecule has 5 nitrogen and oxygen atoms in total. The van der Waals surface area contributed by atoms with Crippen molar-refractivity contribution in [1.29, 1.82) is 0 Å². The standard InChI is InChI=1S/C17H21ClN4O/c1-11-15(16(18)21(2)20-11)14-4-3-9-22(14)10-12-5-7-13(8-6-12)17(19)23/h5-8,14H,3-4,9-10H2,1-2H3,(H2,19,23). The number of hydrogen-bond donors (Lipinski definition) is 1. The van der Waals surface area contributed by atoms with Crippen LogP contribution in [0.1, 0.15) is 46.1 Å². The molecule has 0 bridgehead atoms. The second kappa shape index (κ2) is 6.34. The van der Waals surface area contributed by atoms with Crippen LogP contribution in [0, 0.1) is 6.92 Å². The van der Waals surface area contributed by atoms with Crippen LogP contribution in [0.25, 0.3) is 0 Å². The molecule has 2 aromatic rings. The topological polar surface area (TPSA) is 64.2 Å². The third-order valence-corrected chi connectivity index (χ3v) is 4.97. The second-order valence-electron chi connectivity index (χ2n) is 6.10. The highest BCUT2D eigenvalue weighted by Crippen LogP contribution is 2.38. The van der Waals surface area contributed by atoms with E-state index in [2.05, 4.69) is 10.00 Å². The minimum absolute atomic E-state index is 0.298. The molecule has 1 fully saturated rings. The van der Waals surface area contributed by atoms with Gasteiger partial charge in [-0.25, -0.2) is 0 Å². The van der Waals surface area contributed by atoms with Crippen LogP contribution in [-0.2, 0) is 13.6 Å². The second-order valence-corrected chi connectivity index (χ2v) is 6.46. The van der Waals surface area contributed by atoms with E-state index in [0.29, 0.717) is 11.6 Å². The van der Waals surface area contributed by atoms with Gasteiger partial charge in [0.25, 0.3) is 0 Å². The average Bonchev–Trinajstić information content (AvgIpc) is 3.04. The summed E-state index contributed by atoms with van der Waals surface area (Å²) >= 11 is 6.44. The number of carbonyl (C=O) groups is 1. The summed E-state index contributed by atoms with van der Waals surface area (Å²) in [6, 6.07) is 7.79. The first kappa shape index (κ1) is 16.0. The van der Waals surface area contributed by atoms with Crippen molar-refractivity contribution in [2.24, 2.45) is 12.8 Å². The molecule has 1 aliphatic heterocycles. The molecule has 122 valence electrons. The summed E-state index contributed by atoms with van der Waals surface area (Å²) in [5.41, 5.74) is 9.13. The number of aromatic nitrogens is 2. The summed E-state index contributed by atoms with van der Waals surface area (Å²) in [5.74, 6) is -0.395. The van der Waals surface area contributed by atoms with E-state index in [0.717, 1.165) is 42.3 Å². The largest absolute Gasteiger partial charge is 0.366 e. The lowest BCUT2D eigenvalue weighted by Gasteiger charge is -2.24. The van der Waals surface area contributed by atoms with E-state index < -0.39 is 5.91 Å². The van der Waals surface area contributed by atoms with Gasteiger partial charge >= 0.3 is 0 Å². The van der Waals surface area contributed by atoms with Crippen LogP contribution in [0.2, 0.25) is 5.15 Å². The highest BCUT2D eigenvalue weighted by molar-refractivity contribution is 6.30. The normalized spacial score (nSPS) is 18.5. The van der Waals surface area contributed by atoms with E-state index in [-0.39, 0.29) is 0 Å². The van der Waals surface area contributed by atoms with Crippen LogP contribution in [-0.4, -0.2) is 27.1 Å². The van der Waals surface area contributed by atoms with Crippen LogP contribution >= 0.6 is 11.6 Å². The van der Waals surface area contributed by atoms with Gasteiger partial charge in [0.15, 0.2) is 0 Å². The average molecular weight is 333 g/mol. The molecular weight excluding hydrogens is 312 g/mol. The van der Waals surface area contributed by atoms with Gasteiger partial charge in [-0.15, -0.1) is 0 Å². The quantitative estimate of drug-likeness (QED) is 0.936. The Bertz CT molecular complexity index is 723. The van der Waals surface area contributed by atoms with E-state index in [9.17, 15) is 4.79 Å². The number of rotatable bonds is 4. The molecule has 2 N–H and O–H groups in total. The van der Waals surface area contributed by atoms with Crippen molar-refractivity contribution in [2.75, 3.05) is 6.54 Å². The molecule has 1 aliphatic rings. The Morgan fingerprint density at radius 3 is 2.65 bits per heavy atom. The fraction of sp³-hybridized carbons (Fsp3) is 0.412. The van der Waals surface area contributed by atoms with E-state index in [1.54, 1.807) is 16.8 Å². The summed E-state index contributed by atoms with van der Waals surface area (Å²) in [6.45, 7) is 3.88. The smallest absolute Gasteiger partial charge is 0.248 e. The third kappa shape index (κ3) is 3.12. The summed E-state index contributed by atoms with van der Waals surface area (Å²) in [7, 11) is 1.88. The first-order valence-electron chi connectivity index (χ1n) is 7.79. The maximum Gasteiger partial charge on any atom is 0.248 e. The molecule has 3 rings (SSSR count). The highest BCUT2D eigenvalue weighted by atomic mass is 35.5.